The van der Waals surface area contributed by atoms with E-state index in [9.17, 15) is 13.2 Å². The third-order valence-corrected chi connectivity index (χ3v) is 7.01. The van der Waals surface area contributed by atoms with Crippen molar-refractivity contribution in [2.24, 2.45) is 0 Å². The summed E-state index contributed by atoms with van der Waals surface area (Å²) in [5, 5.41) is 3.04. The average molecular weight is 413 g/mol. The van der Waals surface area contributed by atoms with Crippen molar-refractivity contribution < 1.29 is 22.7 Å². The number of aryl methyl sites for hydroxylation is 1. The van der Waals surface area contributed by atoms with Crippen LogP contribution in [0.4, 0.5) is 0 Å². The molecule has 0 radical (unpaired) electrons. The monoisotopic (exact) mass is 412 g/mol. The van der Waals surface area contributed by atoms with E-state index in [0.29, 0.717) is 56.7 Å². The maximum Gasteiger partial charge on any atom is 0.220 e. The summed E-state index contributed by atoms with van der Waals surface area (Å²) in [6.45, 7) is 2.94. The third-order valence-electron chi connectivity index (χ3n) is 5.06. The fourth-order valence-corrected chi connectivity index (χ4v) is 5.01. The summed E-state index contributed by atoms with van der Waals surface area (Å²) < 4.78 is 36.6. The highest BCUT2D eigenvalue weighted by Gasteiger charge is 2.28. The summed E-state index contributed by atoms with van der Waals surface area (Å²) in [6.07, 6.45) is 3.86. The minimum Gasteiger partial charge on any atom is -0.493 e. The van der Waals surface area contributed by atoms with E-state index in [1.165, 1.54) is 0 Å². The summed E-state index contributed by atoms with van der Waals surface area (Å²) in [5.74, 6) is 1.52. The molecular formula is C20H32N2O5S. The molecule has 1 aromatic carbocycles. The first-order valence-electron chi connectivity index (χ1n) is 9.87. The lowest BCUT2D eigenvalue weighted by Crippen LogP contribution is -2.47. The number of piperidine rings is 1. The normalized spacial score (nSPS) is 16.0. The largest absolute Gasteiger partial charge is 0.493 e. The van der Waals surface area contributed by atoms with Gasteiger partial charge >= 0.3 is 0 Å². The molecular weight excluding hydrogens is 380 g/mol. The van der Waals surface area contributed by atoms with E-state index < -0.39 is 10.0 Å². The average Bonchev–Trinajstić information content (AvgIpc) is 2.71. The van der Waals surface area contributed by atoms with Crippen molar-refractivity contribution in [2.45, 2.75) is 51.5 Å². The number of rotatable bonds is 10. The van der Waals surface area contributed by atoms with Gasteiger partial charge < -0.3 is 14.8 Å². The number of unbranched alkanes of at least 4 members (excludes halogenated alkanes) is 1. The highest BCUT2D eigenvalue weighted by atomic mass is 32.2. The number of nitrogens with zero attached hydrogens (tertiary/aromatic N) is 1. The molecule has 2 rings (SSSR count). The Labute approximate surface area is 168 Å². The second kappa shape index (κ2) is 10.7. The van der Waals surface area contributed by atoms with Gasteiger partial charge in [0.25, 0.3) is 0 Å². The van der Waals surface area contributed by atoms with Crippen LogP contribution < -0.4 is 14.8 Å². The van der Waals surface area contributed by atoms with Gasteiger partial charge in [-0.3, -0.25) is 4.79 Å². The first-order chi connectivity index (χ1) is 13.4. The zero-order valence-corrected chi connectivity index (χ0v) is 17.9. The Morgan fingerprint density at radius 3 is 2.46 bits per heavy atom. The lowest BCUT2D eigenvalue weighted by Gasteiger charge is -2.31. The number of benzene rings is 1. The SMILES string of the molecule is CCCCS(=O)(=O)N1CCC(NC(=O)CCc2ccc(OC)c(OC)c2)CC1. The molecule has 1 N–H and O–H groups in total. The van der Waals surface area contributed by atoms with Gasteiger partial charge in [0.05, 0.1) is 20.0 Å². The van der Waals surface area contributed by atoms with Crippen LogP contribution in [0.3, 0.4) is 0 Å². The molecule has 1 aliphatic heterocycles. The fraction of sp³-hybridized carbons (Fsp3) is 0.650. The Morgan fingerprint density at radius 1 is 1.18 bits per heavy atom. The van der Waals surface area contributed by atoms with Crippen LogP contribution in [-0.2, 0) is 21.2 Å². The zero-order chi connectivity index (χ0) is 20.6. The molecule has 1 aromatic rings. The maximum absolute atomic E-state index is 12.3. The number of methoxy groups -OCH3 is 2. The van der Waals surface area contributed by atoms with E-state index in [0.717, 1.165) is 12.0 Å². The van der Waals surface area contributed by atoms with Crippen LogP contribution in [0.5, 0.6) is 11.5 Å². The number of nitrogens with one attached hydrogen (secondary N) is 1. The Hall–Kier alpha value is -1.80. The molecule has 0 unspecified atom stereocenters. The van der Waals surface area contributed by atoms with Gasteiger partial charge in [-0.2, -0.15) is 0 Å². The lowest BCUT2D eigenvalue weighted by molar-refractivity contribution is -0.122. The van der Waals surface area contributed by atoms with Crippen molar-refractivity contribution in [1.29, 1.82) is 0 Å². The van der Waals surface area contributed by atoms with E-state index in [1.807, 2.05) is 25.1 Å². The van der Waals surface area contributed by atoms with Crippen LogP contribution in [0.15, 0.2) is 18.2 Å². The number of hydrogen-bond acceptors (Lipinski definition) is 5. The van der Waals surface area contributed by atoms with E-state index in [2.05, 4.69) is 5.32 Å². The van der Waals surface area contributed by atoms with E-state index in [1.54, 1.807) is 18.5 Å². The van der Waals surface area contributed by atoms with Crippen LogP contribution in [0.25, 0.3) is 0 Å². The number of amides is 1. The van der Waals surface area contributed by atoms with Crippen LogP contribution in [0.1, 0.15) is 44.6 Å². The Kier molecular flexibility index (Phi) is 8.57. The highest BCUT2D eigenvalue weighted by Crippen LogP contribution is 2.28. The van der Waals surface area contributed by atoms with Crippen molar-refractivity contribution in [3.63, 3.8) is 0 Å². The first kappa shape index (κ1) is 22.5. The molecule has 1 amide bonds. The second-order valence-electron chi connectivity index (χ2n) is 7.10. The topological polar surface area (TPSA) is 84.9 Å². The molecule has 1 heterocycles. The van der Waals surface area contributed by atoms with Gasteiger partial charge in [-0.05, 0) is 43.4 Å². The Morgan fingerprint density at radius 2 is 1.86 bits per heavy atom. The molecule has 0 aromatic heterocycles. The van der Waals surface area contributed by atoms with Gasteiger partial charge in [0.1, 0.15) is 0 Å². The Bertz CT molecular complexity index is 743. The summed E-state index contributed by atoms with van der Waals surface area (Å²) in [5.41, 5.74) is 1.00. The molecule has 8 heteroatoms. The highest BCUT2D eigenvalue weighted by molar-refractivity contribution is 7.89. The molecule has 1 saturated heterocycles. The number of ether oxygens (including phenoxy) is 2. The molecule has 0 atom stereocenters. The van der Waals surface area contributed by atoms with Gasteiger partial charge in [-0.25, -0.2) is 12.7 Å². The number of carbonyl (C=O) groups is 1. The summed E-state index contributed by atoms with van der Waals surface area (Å²) in [7, 11) is 0.0176. The smallest absolute Gasteiger partial charge is 0.220 e. The summed E-state index contributed by atoms with van der Waals surface area (Å²) in [6, 6.07) is 5.68. The molecule has 0 spiro atoms. The molecule has 158 valence electrons. The van der Waals surface area contributed by atoms with Gasteiger partial charge in [0.2, 0.25) is 15.9 Å². The van der Waals surface area contributed by atoms with Crippen LogP contribution >= 0.6 is 0 Å². The Balaban J connectivity index is 1.77. The lowest BCUT2D eigenvalue weighted by atomic mass is 10.1. The van der Waals surface area contributed by atoms with Crippen molar-refractivity contribution >= 4 is 15.9 Å². The fourth-order valence-electron chi connectivity index (χ4n) is 3.33. The van der Waals surface area contributed by atoms with Gasteiger partial charge in [0, 0.05) is 25.6 Å². The third kappa shape index (κ3) is 6.38. The van der Waals surface area contributed by atoms with Crippen molar-refractivity contribution in [3.05, 3.63) is 23.8 Å². The molecule has 1 aliphatic rings. The summed E-state index contributed by atoms with van der Waals surface area (Å²) >= 11 is 0. The predicted octanol–water partition coefficient (Wildman–Crippen LogP) is 2.35. The minimum atomic E-state index is -3.16. The first-order valence-corrected chi connectivity index (χ1v) is 11.5. The minimum absolute atomic E-state index is 0.0120. The quantitative estimate of drug-likeness (QED) is 0.638. The standard InChI is InChI=1S/C20H32N2O5S/c1-4-5-14-28(24,25)22-12-10-17(11-13-22)21-20(23)9-7-16-6-8-18(26-2)19(15-16)27-3/h6,8,15,17H,4-5,7,9-14H2,1-3H3,(H,21,23). The predicted molar refractivity (Wildman–Crippen MR) is 109 cm³/mol. The van der Waals surface area contributed by atoms with Crippen molar-refractivity contribution in [1.82, 2.24) is 9.62 Å². The van der Waals surface area contributed by atoms with E-state index in [-0.39, 0.29) is 17.7 Å². The van der Waals surface area contributed by atoms with Gasteiger partial charge in [0.15, 0.2) is 11.5 Å². The van der Waals surface area contributed by atoms with Gasteiger partial charge in [-0.15, -0.1) is 0 Å². The zero-order valence-electron chi connectivity index (χ0n) is 17.1. The molecule has 0 saturated carbocycles. The van der Waals surface area contributed by atoms with E-state index in [4.69, 9.17) is 9.47 Å². The molecule has 0 aliphatic carbocycles. The number of carbonyl (C=O) groups excluding carboxylic acids is 1. The number of hydrogen-bond donors (Lipinski definition) is 1. The van der Waals surface area contributed by atoms with Gasteiger partial charge in [-0.1, -0.05) is 19.4 Å². The number of sulfonamides is 1. The van der Waals surface area contributed by atoms with Crippen LogP contribution in [0, 0.1) is 0 Å². The van der Waals surface area contributed by atoms with Crippen molar-refractivity contribution in [2.75, 3.05) is 33.1 Å². The molecule has 7 nitrogen and oxygen atoms in total. The molecule has 0 bridgehead atoms. The van der Waals surface area contributed by atoms with Crippen LogP contribution in [0.2, 0.25) is 0 Å². The maximum atomic E-state index is 12.3. The molecule has 28 heavy (non-hydrogen) atoms. The van der Waals surface area contributed by atoms with Crippen LogP contribution in [-0.4, -0.2) is 57.7 Å². The van der Waals surface area contributed by atoms with Crippen molar-refractivity contribution in [3.8, 4) is 11.5 Å². The molecule has 1 fully saturated rings. The summed E-state index contributed by atoms with van der Waals surface area (Å²) in [4.78, 5) is 12.3. The second-order valence-corrected chi connectivity index (χ2v) is 9.19. The van der Waals surface area contributed by atoms with E-state index >= 15 is 0 Å².